The summed E-state index contributed by atoms with van der Waals surface area (Å²) in [5.41, 5.74) is 2.31. The second-order valence-electron chi connectivity index (χ2n) is 6.40. The smallest absolute Gasteiger partial charge is 0.416 e. The van der Waals surface area contributed by atoms with Gasteiger partial charge in [-0.1, -0.05) is 12.1 Å². The highest BCUT2D eigenvalue weighted by molar-refractivity contribution is 7.92. The van der Waals surface area contributed by atoms with Crippen LogP contribution < -0.4 is 4.31 Å². The molecule has 0 aliphatic rings. The van der Waals surface area contributed by atoms with Crippen molar-refractivity contribution in [2.24, 2.45) is 0 Å². The van der Waals surface area contributed by atoms with E-state index in [1.54, 1.807) is 31.2 Å². The number of benzene rings is 2. The minimum atomic E-state index is -3.48. The lowest BCUT2D eigenvalue weighted by Gasteiger charge is -2.17. The van der Waals surface area contributed by atoms with E-state index < -0.39 is 22.1 Å². The van der Waals surface area contributed by atoms with Gasteiger partial charge in [0.05, 0.1) is 23.0 Å². The van der Waals surface area contributed by atoms with Gasteiger partial charge in [0.15, 0.2) is 0 Å². The van der Waals surface area contributed by atoms with Gasteiger partial charge in [0, 0.05) is 23.7 Å². The number of fused-ring (bicyclic) bond motifs is 1. The van der Waals surface area contributed by atoms with Gasteiger partial charge in [0.25, 0.3) is 0 Å². The molecule has 146 valence electrons. The Bertz CT molecular complexity index is 1230. The van der Waals surface area contributed by atoms with E-state index >= 15 is 0 Å². The molecule has 0 unspecified atom stereocenters. The van der Waals surface area contributed by atoms with Crippen molar-refractivity contribution in [3.8, 4) is 11.1 Å². The molecule has 0 saturated heterocycles. The van der Waals surface area contributed by atoms with Gasteiger partial charge < -0.3 is 10.2 Å². The largest absolute Gasteiger partial charge is 0.478 e. The number of carboxylic acid groups (broad SMARTS) is 2. The summed E-state index contributed by atoms with van der Waals surface area (Å²) in [6, 6.07) is 10.9. The molecule has 3 rings (SSSR count). The Balaban J connectivity index is 2.34. The molecule has 0 aliphatic carbocycles. The van der Waals surface area contributed by atoms with Crippen LogP contribution in [0.2, 0.25) is 0 Å². The average Bonchev–Trinajstić information content (AvgIpc) is 2.91. The third kappa shape index (κ3) is 3.20. The van der Waals surface area contributed by atoms with Crippen LogP contribution >= 0.6 is 0 Å². The molecule has 0 bridgehead atoms. The number of aromatic carboxylic acids is 1. The van der Waals surface area contributed by atoms with E-state index in [1.165, 1.54) is 25.2 Å². The highest BCUT2D eigenvalue weighted by Crippen LogP contribution is 2.36. The Labute approximate surface area is 161 Å². The quantitative estimate of drug-likeness (QED) is 0.692. The lowest BCUT2D eigenvalue weighted by atomic mass is 10.0. The van der Waals surface area contributed by atoms with Gasteiger partial charge in [-0.2, -0.15) is 0 Å². The monoisotopic (exact) mass is 402 g/mol. The lowest BCUT2D eigenvalue weighted by Crippen LogP contribution is -2.24. The van der Waals surface area contributed by atoms with E-state index in [2.05, 4.69) is 0 Å². The van der Waals surface area contributed by atoms with Crippen LogP contribution in [0, 0.1) is 6.92 Å². The molecule has 28 heavy (non-hydrogen) atoms. The highest BCUT2D eigenvalue weighted by atomic mass is 32.2. The van der Waals surface area contributed by atoms with Crippen LogP contribution in [0.5, 0.6) is 0 Å². The predicted octanol–water partition coefficient (Wildman–Crippen LogP) is 3.24. The maximum atomic E-state index is 11.9. The summed E-state index contributed by atoms with van der Waals surface area (Å²) in [4.78, 5) is 23.1. The molecule has 0 spiro atoms. The number of hydrogen-bond donors (Lipinski definition) is 2. The lowest BCUT2D eigenvalue weighted by molar-refractivity contribution is 0.0697. The molecule has 8 nitrogen and oxygen atoms in total. The molecule has 0 aliphatic heterocycles. The number of carboxylic acids is 1. The number of carbonyl (C=O) groups is 2. The van der Waals surface area contributed by atoms with Crippen molar-refractivity contribution in [1.82, 2.24) is 4.57 Å². The molecular weight excluding hydrogens is 384 g/mol. The summed E-state index contributed by atoms with van der Waals surface area (Å²) in [5.74, 6) is -1.13. The Morgan fingerprint density at radius 2 is 1.75 bits per heavy atom. The molecule has 2 aromatic carbocycles. The molecular formula is C19H18N2O6S. The number of aromatic nitrogens is 1. The molecule has 3 aromatic rings. The third-order valence-electron chi connectivity index (χ3n) is 4.64. The van der Waals surface area contributed by atoms with E-state index in [4.69, 9.17) is 0 Å². The molecule has 0 radical (unpaired) electrons. The molecule has 1 heterocycles. The van der Waals surface area contributed by atoms with Crippen molar-refractivity contribution in [2.45, 2.75) is 6.92 Å². The van der Waals surface area contributed by atoms with Crippen molar-refractivity contribution < 1.29 is 28.2 Å². The van der Waals surface area contributed by atoms with Crippen molar-refractivity contribution in [2.75, 3.05) is 17.6 Å². The summed E-state index contributed by atoms with van der Waals surface area (Å²) in [6.45, 7) is 1.62. The van der Waals surface area contributed by atoms with E-state index in [-0.39, 0.29) is 5.56 Å². The molecule has 9 heteroatoms. The van der Waals surface area contributed by atoms with Gasteiger partial charge in [-0.15, -0.1) is 0 Å². The van der Waals surface area contributed by atoms with Gasteiger partial charge in [0.2, 0.25) is 10.0 Å². The van der Waals surface area contributed by atoms with Crippen molar-refractivity contribution >= 4 is 38.7 Å². The van der Waals surface area contributed by atoms with Crippen LogP contribution in [0.15, 0.2) is 42.5 Å². The fourth-order valence-corrected chi connectivity index (χ4v) is 3.71. The topological polar surface area (TPSA) is 117 Å². The number of hydrogen-bond acceptors (Lipinski definition) is 4. The average molecular weight is 402 g/mol. The first-order valence-corrected chi connectivity index (χ1v) is 10.0. The summed E-state index contributed by atoms with van der Waals surface area (Å²) < 4.78 is 25.9. The Hall–Kier alpha value is -3.33. The van der Waals surface area contributed by atoms with Crippen molar-refractivity contribution in [1.29, 1.82) is 0 Å². The minimum absolute atomic E-state index is 0.0284. The standard InChI is InChI=1S/C19H18N2O6S/c1-11-17(12-5-4-6-14(9-12)20(2)28(3,26)27)15-10-13(18(22)23)7-8-16(15)21(11)19(24)25/h4-10H,1-3H3,(H,22,23)(H,24,25). The van der Waals surface area contributed by atoms with E-state index in [1.807, 2.05) is 0 Å². The fraction of sp³-hybridized carbons (Fsp3) is 0.158. The van der Waals surface area contributed by atoms with Crippen LogP contribution in [0.1, 0.15) is 16.1 Å². The van der Waals surface area contributed by atoms with Gasteiger partial charge in [-0.3, -0.25) is 4.31 Å². The molecule has 0 atom stereocenters. The number of anilines is 1. The first kappa shape index (κ1) is 19.4. The Morgan fingerprint density at radius 1 is 1.07 bits per heavy atom. The van der Waals surface area contributed by atoms with Crippen molar-refractivity contribution in [3.63, 3.8) is 0 Å². The maximum Gasteiger partial charge on any atom is 0.416 e. The predicted molar refractivity (Wildman–Crippen MR) is 106 cm³/mol. The summed E-state index contributed by atoms with van der Waals surface area (Å²) in [6.07, 6.45) is -0.110. The summed E-state index contributed by atoms with van der Waals surface area (Å²) >= 11 is 0. The summed E-state index contributed by atoms with van der Waals surface area (Å²) in [5, 5.41) is 19.4. The second kappa shape index (κ2) is 6.68. The van der Waals surface area contributed by atoms with Gasteiger partial charge in [-0.05, 0) is 42.8 Å². The van der Waals surface area contributed by atoms with Crippen LogP contribution in [0.3, 0.4) is 0 Å². The second-order valence-corrected chi connectivity index (χ2v) is 8.41. The number of nitrogens with zero attached hydrogens (tertiary/aromatic N) is 2. The number of rotatable bonds is 4. The third-order valence-corrected chi connectivity index (χ3v) is 5.84. The SMILES string of the molecule is Cc1c(-c2cccc(N(C)S(C)(=O)=O)c2)c2cc(C(=O)O)ccc2n1C(=O)O. The normalized spacial score (nSPS) is 11.5. The van der Waals surface area contributed by atoms with Gasteiger partial charge >= 0.3 is 12.1 Å². The zero-order valence-corrected chi connectivity index (χ0v) is 16.2. The summed E-state index contributed by atoms with van der Waals surface area (Å²) in [7, 11) is -2.06. The fourth-order valence-electron chi connectivity index (χ4n) is 3.21. The van der Waals surface area contributed by atoms with Gasteiger partial charge in [0.1, 0.15) is 0 Å². The van der Waals surface area contributed by atoms with Crippen LogP contribution in [0.4, 0.5) is 10.5 Å². The molecule has 0 saturated carbocycles. The van der Waals surface area contributed by atoms with Gasteiger partial charge in [-0.25, -0.2) is 22.6 Å². The van der Waals surface area contributed by atoms with Crippen molar-refractivity contribution in [3.05, 3.63) is 53.7 Å². The first-order chi connectivity index (χ1) is 13.0. The highest BCUT2D eigenvalue weighted by Gasteiger charge is 2.21. The van der Waals surface area contributed by atoms with Crippen LogP contribution in [-0.2, 0) is 10.0 Å². The van der Waals surface area contributed by atoms with Crippen LogP contribution in [0.25, 0.3) is 22.0 Å². The Kier molecular flexibility index (Phi) is 4.64. The van der Waals surface area contributed by atoms with E-state index in [0.717, 1.165) is 15.1 Å². The first-order valence-electron chi connectivity index (χ1n) is 8.18. The van der Waals surface area contributed by atoms with E-state index in [9.17, 15) is 28.2 Å². The Morgan fingerprint density at radius 3 is 2.32 bits per heavy atom. The molecule has 2 N–H and O–H groups in total. The molecule has 1 aromatic heterocycles. The minimum Gasteiger partial charge on any atom is -0.478 e. The maximum absolute atomic E-state index is 11.9. The van der Waals surface area contributed by atoms with E-state index in [0.29, 0.717) is 33.4 Å². The molecule has 0 fully saturated rings. The van der Waals surface area contributed by atoms with Crippen LogP contribution in [-0.4, -0.2) is 48.6 Å². The number of sulfonamides is 1. The zero-order chi connectivity index (χ0) is 20.8. The molecule has 0 amide bonds. The zero-order valence-electron chi connectivity index (χ0n) is 15.4.